The van der Waals surface area contributed by atoms with Crippen LogP contribution in [0.5, 0.6) is 5.75 Å². The number of hydrogen-bond donors (Lipinski definition) is 2. The average Bonchev–Trinajstić information content (AvgIpc) is 2.22. The van der Waals surface area contributed by atoms with E-state index in [1.54, 1.807) is 19.1 Å². The lowest BCUT2D eigenvalue weighted by atomic mass is 9.79. The quantitative estimate of drug-likeness (QED) is 0.738. The minimum Gasteiger partial charge on any atom is -0.507 e. The second-order valence-corrected chi connectivity index (χ2v) is 4.57. The monoisotopic (exact) mass is 246 g/mol. The fraction of sp³-hybridized carbons (Fsp3) is 0.500. The first kappa shape index (κ1) is 12.2. The number of halogens is 3. The van der Waals surface area contributed by atoms with E-state index in [1.807, 2.05) is 0 Å². The summed E-state index contributed by atoms with van der Waals surface area (Å²) in [4.78, 5) is 0. The summed E-state index contributed by atoms with van der Waals surface area (Å²) in [5, 5.41) is 19.4. The molecule has 0 fully saturated rings. The fourth-order valence-corrected chi connectivity index (χ4v) is 2.22. The zero-order chi connectivity index (χ0) is 12.8. The molecule has 1 aliphatic carbocycles. The van der Waals surface area contributed by atoms with Crippen LogP contribution in [0.25, 0.3) is 0 Å². The summed E-state index contributed by atoms with van der Waals surface area (Å²) in [6, 6.07) is 3.11. The molecular weight excluding hydrogens is 233 g/mol. The highest BCUT2D eigenvalue weighted by atomic mass is 19.4. The van der Waals surface area contributed by atoms with Crippen molar-refractivity contribution in [3.05, 3.63) is 28.8 Å². The maximum Gasteiger partial charge on any atom is 0.417 e. The van der Waals surface area contributed by atoms with Crippen molar-refractivity contribution in [2.45, 2.75) is 38.0 Å². The van der Waals surface area contributed by atoms with Crippen molar-refractivity contribution in [2.75, 3.05) is 0 Å². The molecule has 5 heteroatoms. The molecule has 0 bridgehead atoms. The topological polar surface area (TPSA) is 40.5 Å². The smallest absolute Gasteiger partial charge is 0.417 e. The number of hydrogen-bond acceptors (Lipinski definition) is 2. The molecule has 1 atom stereocenters. The maximum atomic E-state index is 12.7. The number of alkyl halides is 3. The van der Waals surface area contributed by atoms with Gasteiger partial charge in [-0.3, -0.25) is 0 Å². The number of aryl methyl sites for hydroxylation is 1. The van der Waals surface area contributed by atoms with E-state index >= 15 is 0 Å². The summed E-state index contributed by atoms with van der Waals surface area (Å²) in [5.74, 6) is 0.0479. The minimum atomic E-state index is -4.63. The highest BCUT2D eigenvalue weighted by Crippen LogP contribution is 2.43. The van der Waals surface area contributed by atoms with Crippen molar-refractivity contribution in [1.82, 2.24) is 0 Å². The Bertz CT molecular complexity index is 454. The largest absolute Gasteiger partial charge is 0.507 e. The molecule has 0 aromatic heterocycles. The van der Waals surface area contributed by atoms with Crippen molar-refractivity contribution in [3.63, 3.8) is 0 Å². The summed E-state index contributed by atoms with van der Waals surface area (Å²) < 4.78 is 38.1. The Morgan fingerprint density at radius 2 is 1.94 bits per heavy atom. The van der Waals surface area contributed by atoms with Gasteiger partial charge in [0.05, 0.1) is 0 Å². The molecule has 2 rings (SSSR count). The van der Waals surface area contributed by atoms with E-state index in [4.69, 9.17) is 0 Å². The van der Waals surface area contributed by atoms with Crippen LogP contribution in [0.4, 0.5) is 13.2 Å². The molecule has 0 saturated heterocycles. The number of fused-ring (bicyclic) bond motifs is 1. The van der Waals surface area contributed by atoms with Crippen molar-refractivity contribution in [1.29, 1.82) is 0 Å². The number of rotatable bonds is 0. The number of benzene rings is 1. The molecule has 0 aliphatic heterocycles. The lowest BCUT2D eigenvalue weighted by Crippen LogP contribution is -2.49. The van der Waals surface area contributed by atoms with Gasteiger partial charge in [0.1, 0.15) is 5.75 Å². The van der Waals surface area contributed by atoms with Crippen molar-refractivity contribution in [3.8, 4) is 5.75 Å². The Labute approximate surface area is 96.7 Å². The van der Waals surface area contributed by atoms with Crippen LogP contribution in [0.1, 0.15) is 23.1 Å². The first-order valence-corrected chi connectivity index (χ1v) is 5.34. The second kappa shape index (κ2) is 3.63. The lowest BCUT2D eigenvalue weighted by molar-refractivity contribution is -0.263. The third kappa shape index (κ3) is 1.88. The summed E-state index contributed by atoms with van der Waals surface area (Å²) >= 11 is 0. The molecule has 1 aromatic carbocycles. The predicted molar refractivity (Wildman–Crippen MR) is 55.9 cm³/mol. The van der Waals surface area contributed by atoms with Gasteiger partial charge in [-0.2, -0.15) is 13.2 Å². The average molecular weight is 246 g/mol. The lowest BCUT2D eigenvalue weighted by Gasteiger charge is -2.35. The number of phenols is 1. The van der Waals surface area contributed by atoms with Crippen LogP contribution < -0.4 is 0 Å². The van der Waals surface area contributed by atoms with E-state index in [1.165, 1.54) is 0 Å². The van der Waals surface area contributed by atoms with Gasteiger partial charge >= 0.3 is 6.18 Å². The Morgan fingerprint density at radius 1 is 1.29 bits per heavy atom. The highest BCUT2D eigenvalue weighted by Gasteiger charge is 2.54. The van der Waals surface area contributed by atoms with Crippen LogP contribution in [0, 0.1) is 6.92 Å². The van der Waals surface area contributed by atoms with E-state index in [2.05, 4.69) is 0 Å². The van der Waals surface area contributed by atoms with Crippen LogP contribution in [-0.4, -0.2) is 22.0 Å². The van der Waals surface area contributed by atoms with Crippen molar-refractivity contribution >= 4 is 0 Å². The predicted octanol–water partition coefficient (Wildman–Crippen LogP) is 2.48. The molecule has 17 heavy (non-hydrogen) atoms. The third-order valence-corrected chi connectivity index (χ3v) is 3.38. The normalized spacial score (nSPS) is 24.5. The second-order valence-electron chi connectivity index (χ2n) is 4.57. The Kier molecular flexibility index (Phi) is 2.61. The molecule has 2 N–H and O–H groups in total. The SMILES string of the molecule is Cc1ccc2c(c1O)CCC(O)(C(F)(F)F)C2. The van der Waals surface area contributed by atoms with Crippen LogP contribution >= 0.6 is 0 Å². The first-order valence-electron chi connectivity index (χ1n) is 5.34. The van der Waals surface area contributed by atoms with Gasteiger partial charge in [0, 0.05) is 6.42 Å². The molecule has 0 heterocycles. The number of aromatic hydroxyl groups is 1. The van der Waals surface area contributed by atoms with Crippen molar-refractivity contribution in [2.24, 2.45) is 0 Å². The molecule has 0 amide bonds. The van der Waals surface area contributed by atoms with Gasteiger partial charge in [-0.25, -0.2) is 0 Å². The fourth-order valence-electron chi connectivity index (χ4n) is 2.22. The maximum absolute atomic E-state index is 12.7. The highest BCUT2D eigenvalue weighted by molar-refractivity contribution is 5.47. The van der Waals surface area contributed by atoms with E-state index in [0.29, 0.717) is 16.7 Å². The Morgan fingerprint density at radius 3 is 2.53 bits per heavy atom. The molecule has 0 saturated carbocycles. The molecule has 94 valence electrons. The van der Waals surface area contributed by atoms with Gasteiger partial charge in [-0.1, -0.05) is 12.1 Å². The summed E-state index contributed by atoms with van der Waals surface area (Å²) in [7, 11) is 0. The molecular formula is C12H13F3O2. The minimum absolute atomic E-state index is 0.0405. The Balaban J connectivity index is 2.42. The van der Waals surface area contributed by atoms with Crippen LogP contribution in [0.2, 0.25) is 0 Å². The van der Waals surface area contributed by atoms with Crippen molar-refractivity contribution < 1.29 is 23.4 Å². The summed E-state index contributed by atoms with van der Waals surface area (Å²) in [6.07, 6.45) is -5.48. The third-order valence-electron chi connectivity index (χ3n) is 3.38. The number of aliphatic hydroxyl groups is 1. The van der Waals surface area contributed by atoms with E-state index in [0.717, 1.165) is 0 Å². The van der Waals surface area contributed by atoms with Crippen LogP contribution in [0.3, 0.4) is 0 Å². The van der Waals surface area contributed by atoms with E-state index in [9.17, 15) is 23.4 Å². The van der Waals surface area contributed by atoms with E-state index < -0.39 is 24.6 Å². The van der Waals surface area contributed by atoms with Gasteiger partial charge < -0.3 is 10.2 Å². The van der Waals surface area contributed by atoms with E-state index in [-0.39, 0.29) is 12.2 Å². The van der Waals surface area contributed by atoms with Crippen LogP contribution in [-0.2, 0) is 12.8 Å². The number of phenolic OH excluding ortho intramolecular Hbond substituents is 1. The molecule has 1 unspecified atom stereocenters. The van der Waals surface area contributed by atoms with Gasteiger partial charge in [0.25, 0.3) is 0 Å². The molecule has 1 aliphatic rings. The van der Waals surface area contributed by atoms with Crippen LogP contribution in [0.15, 0.2) is 12.1 Å². The van der Waals surface area contributed by atoms with Gasteiger partial charge in [0.15, 0.2) is 5.60 Å². The zero-order valence-corrected chi connectivity index (χ0v) is 9.30. The molecule has 0 spiro atoms. The zero-order valence-electron chi connectivity index (χ0n) is 9.30. The van der Waals surface area contributed by atoms with Gasteiger partial charge in [0.2, 0.25) is 0 Å². The standard InChI is InChI=1S/C12H13F3O2/c1-7-2-3-8-6-11(17,12(13,14)15)5-4-9(8)10(7)16/h2-3,16-17H,4-6H2,1H3. The Hall–Kier alpha value is -1.23. The molecule has 0 radical (unpaired) electrons. The van der Waals surface area contributed by atoms with Gasteiger partial charge in [-0.05, 0) is 36.5 Å². The molecule has 1 aromatic rings. The summed E-state index contributed by atoms with van der Waals surface area (Å²) in [5.41, 5.74) is -1.12. The first-order chi connectivity index (χ1) is 7.74. The van der Waals surface area contributed by atoms with Gasteiger partial charge in [-0.15, -0.1) is 0 Å². The molecule has 2 nitrogen and oxygen atoms in total. The summed E-state index contributed by atoms with van der Waals surface area (Å²) in [6.45, 7) is 1.69.